The van der Waals surface area contributed by atoms with Crippen LogP contribution in [-0.2, 0) is 4.74 Å². The van der Waals surface area contributed by atoms with Crippen molar-refractivity contribution in [2.75, 3.05) is 33.4 Å². The molecule has 0 radical (unpaired) electrons. The van der Waals surface area contributed by atoms with Gasteiger partial charge in [0, 0.05) is 23.7 Å². The maximum Gasteiger partial charge on any atom is 0.176 e. The predicted molar refractivity (Wildman–Crippen MR) is 76.8 cm³/mol. The van der Waals surface area contributed by atoms with Gasteiger partial charge in [0.2, 0.25) is 0 Å². The average molecular weight is 282 g/mol. The molecule has 1 aliphatic rings. The van der Waals surface area contributed by atoms with E-state index < -0.39 is 0 Å². The summed E-state index contributed by atoms with van der Waals surface area (Å²) >= 11 is 5.88. The van der Waals surface area contributed by atoms with Crippen molar-refractivity contribution in [1.29, 1.82) is 0 Å². The van der Waals surface area contributed by atoms with Gasteiger partial charge in [-0.15, -0.1) is 0 Å². The molecular formula is C15H20ClNO2. The number of halogens is 1. The lowest BCUT2D eigenvalue weighted by atomic mass is 10.1. The first-order chi connectivity index (χ1) is 9.15. The van der Waals surface area contributed by atoms with Crippen molar-refractivity contribution in [3.05, 3.63) is 34.9 Å². The van der Waals surface area contributed by atoms with Gasteiger partial charge in [-0.2, -0.15) is 0 Å². The molecule has 3 nitrogen and oxygen atoms in total. The normalized spacial score (nSPS) is 14.9. The molecule has 0 N–H and O–H groups in total. The van der Waals surface area contributed by atoms with Gasteiger partial charge in [0.1, 0.15) is 0 Å². The molecule has 0 bridgehead atoms. The highest BCUT2D eigenvalue weighted by atomic mass is 35.5. The Bertz CT molecular complexity index is 432. The number of carbonyl (C=O) groups excluding carboxylic acids is 1. The maximum atomic E-state index is 12.0. The van der Waals surface area contributed by atoms with Crippen LogP contribution in [0, 0.1) is 5.92 Å². The molecule has 4 heteroatoms. The van der Waals surface area contributed by atoms with Crippen molar-refractivity contribution in [3.63, 3.8) is 0 Å². The molecule has 0 amide bonds. The summed E-state index contributed by atoms with van der Waals surface area (Å²) < 4.78 is 5.56. The summed E-state index contributed by atoms with van der Waals surface area (Å²) in [7, 11) is 1.93. The molecule has 0 unspecified atom stereocenters. The van der Waals surface area contributed by atoms with Gasteiger partial charge < -0.3 is 4.74 Å². The van der Waals surface area contributed by atoms with Crippen molar-refractivity contribution in [2.45, 2.75) is 12.8 Å². The second kappa shape index (κ2) is 7.04. The van der Waals surface area contributed by atoms with E-state index in [-0.39, 0.29) is 5.78 Å². The molecule has 0 aliphatic heterocycles. The lowest BCUT2D eigenvalue weighted by Crippen LogP contribution is -2.29. The molecule has 1 saturated carbocycles. The number of ketones is 1. The summed E-state index contributed by atoms with van der Waals surface area (Å²) in [4.78, 5) is 14.0. The van der Waals surface area contributed by atoms with Crippen molar-refractivity contribution in [2.24, 2.45) is 5.92 Å². The van der Waals surface area contributed by atoms with E-state index in [2.05, 4.69) is 0 Å². The quantitative estimate of drug-likeness (QED) is 0.542. The van der Waals surface area contributed by atoms with Crippen LogP contribution in [0.1, 0.15) is 23.2 Å². The number of likely N-dealkylation sites (N-methyl/N-ethyl adjacent to an activating group) is 1. The van der Waals surface area contributed by atoms with E-state index in [1.54, 1.807) is 24.3 Å². The largest absolute Gasteiger partial charge is 0.380 e. The number of hydrogen-bond donors (Lipinski definition) is 0. The predicted octanol–water partition coefficient (Wildman–Crippen LogP) is 2.88. The fourth-order valence-electron chi connectivity index (χ4n) is 1.83. The molecule has 1 aliphatic carbocycles. The summed E-state index contributed by atoms with van der Waals surface area (Å²) in [5.41, 5.74) is 0.665. The second-order valence-electron chi connectivity index (χ2n) is 5.19. The Kier molecular flexibility index (Phi) is 5.37. The molecule has 104 valence electrons. The van der Waals surface area contributed by atoms with E-state index in [0.29, 0.717) is 23.7 Å². The van der Waals surface area contributed by atoms with Gasteiger partial charge in [-0.25, -0.2) is 0 Å². The zero-order valence-corrected chi connectivity index (χ0v) is 12.0. The minimum absolute atomic E-state index is 0.0900. The first-order valence-corrected chi connectivity index (χ1v) is 7.08. The van der Waals surface area contributed by atoms with Crippen molar-refractivity contribution in [1.82, 2.24) is 4.90 Å². The standard InChI is InChI=1S/C15H20ClNO2/c1-17(7-8-19-11-12-5-6-12)10-15(18)13-3-2-4-14(16)9-13/h2-4,9,12H,5-8,10-11H2,1H3. The van der Waals surface area contributed by atoms with Gasteiger partial charge in [-0.3, -0.25) is 9.69 Å². The Hall–Kier alpha value is -0.900. The Morgan fingerprint density at radius 2 is 2.26 bits per heavy atom. The number of Topliss-reactive ketones (excluding diaryl/α,β-unsaturated/α-hetero) is 1. The highest BCUT2D eigenvalue weighted by Gasteiger charge is 2.21. The van der Waals surface area contributed by atoms with E-state index >= 15 is 0 Å². The van der Waals surface area contributed by atoms with Crippen LogP contribution in [0.15, 0.2) is 24.3 Å². The lowest BCUT2D eigenvalue weighted by molar-refractivity contribution is 0.0861. The summed E-state index contributed by atoms with van der Waals surface area (Å²) in [6.45, 7) is 2.73. The lowest BCUT2D eigenvalue weighted by Gasteiger charge is -2.15. The smallest absolute Gasteiger partial charge is 0.176 e. The van der Waals surface area contributed by atoms with Crippen molar-refractivity contribution in [3.8, 4) is 0 Å². The number of benzene rings is 1. The fraction of sp³-hybridized carbons (Fsp3) is 0.533. The van der Waals surface area contributed by atoms with Gasteiger partial charge in [0.15, 0.2) is 5.78 Å². The zero-order chi connectivity index (χ0) is 13.7. The summed E-state index contributed by atoms with van der Waals surface area (Å²) in [5, 5.41) is 0.598. The highest BCUT2D eigenvalue weighted by Crippen LogP contribution is 2.28. The van der Waals surface area contributed by atoms with Gasteiger partial charge in [0.25, 0.3) is 0 Å². The molecular weight excluding hydrogens is 262 g/mol. The molecule has 0 heterocycles. The van der Waals surface area contributed by atoms with Gasteiger partial charge >= 0.3 is 0 Å². The van der Waals surface area contributed by atoms with Crippen LogP contribution in [-0.4, -0.2) is 44.0 Å². The number of nitrogens with zero attached hydrogens (tertiary/aromatic N) is 1. The van der Waals surface area contributed by atoms with E-state index in [4.69, 9.17) is 16.3 Å². The number of rotatable bonds is 8. The third kappa shape index (κ3) is 5.31. The number of hydrogen-bond acceptors (Lipinski definition) is 3. The van der Waals surface area contributed by atoms with Crippen LogP contribution >= 0.6 is 11.6 Å². The zero-order valence-electron chi connectivity index (χ0n) is 11.3. The van der Waals surface area contributed by atoms with E-state index in [1.807, 2.05) is 11.9 Å². The van der Waals surface area contributed by atoms with Crippen LogP contribution in [0.3, 0.4) is 0 Å². The Labute approximate surface area is 119 Å². The minimum Gasteiger partial charge on any atom is -0.380 e. The second-order valence-corrected chi connectivity index (χ2v) is 5.63. The van der Waals surface area contributed by atoms with Gasteiger partial charge in [-0.05, 0) is 37.9 Å². The number of carbonyl (C=O) groups is 1. The molecule has 1 aromatic carbocycles. The third-order valence-corrected chi connectivity index (χ3v) is 3.46. The molecule has 1 aromatic rings. The van der Waals surface area contributed by atoms with Crippen molar-refractivity contribution >= 4 is 17.4 Å². The molecule has 0 spiro atoms. The monoisotopic (exact) mass is 281 g/mol. The molecule has 0 aromatic heterocycles. The molecule has 1 fully saturated rings. The van der Waals surface area contributed by atoms with E-state index in [0.717, 1.165) is 19.1 Å². The van der Waals surface area contributed by atoms with Crippen molar-refractivity contribution < 1.29 is 9.53 Å². The Morgan fingerprint density at radius 1 is 1.47 bits per heavy atom. The Balaban J connectivity index is 1.68. The molecule has 0 saturated heterocycles. The average Bonchev–Trinajstić information content (AvgIpc) is 3.18. The van der Waals surface area contributed by atoms with E-state index in [9.17, 15) is 4.79 Å². The molecule has 19 heavy (non-hydrogen) atoms. The summed E-state index contributed by atoms with van der Waals surface area (Å²) in [6.07, 6.45) is 2.62. The highest BCUT2D eigenvalue weighted by molar-refractivity contribution is 6.31. The summed E-state index contributed by atoms with van der Waals surface area (Å²) in [6, 6.07) is 7.08. The van der Waals surface area contributed by atoms with Gasteiger partial charge in [0.05, 0.1) is 13.2 Å². The minimum atomic E-state index is 0.0900. The van der Waals surface area contributed by atoms with Gasteiger partial charge in [-0.1, -0.05) is 23.7 Å². The first kappa shape index (κ1) is 14.5. The van der Waals surface area contributed by atoms with Crippen LogP contribution in [0.25, 0.3) is 0 Å². The van der Waals surface area contributed by atoms with Crippen LogP contribution < -0.4 is 0 Å². The third-order valence-electron chi connectivity index (χ3n) is 3.23. The number of ether oxygens (including phenoxy) is 1. The maximum absolute atomic E-state index is 12.0. The van der Waals surface area contributed by atoms with E-state index in [1.165, 1.54) is 12.8 Å². The topological polar surface area (TPSA) is 29.5 Å². The molecule has 0 atom stereocenters. The van der Waals surface area contributed by atoms with Crippen LogP contribution in [0.5, 0.6) is 0 Å². The van der Waals surface area contributed by atoms with Crippen LogP contribution in [0.2, 0.25) is 5.02 Å². The fourth-order valence-corrected chi connectivity index (χ4v) is 2.02. The summed E-state index contributed by atoms with van der Waals surface area (Å²) in [5.74, 6) is 0.880. The Morgan fingerprint density at radius 3 is 2.95 bits per heavy atom. The molecule has 2 rings (SSSR count). The SMILES string of the molecule is CN(CCOCC1CC1)CC(=O)c1cccc(Cl)c1. The first-order valence-electron chi connectivity index (χ1n) is 6.70. The van der Waals surface area contributed by atoms with Crippen LogP contribution in [0.4, 0.5) is 0 Å².